The molecule has 1 amide bonds. The number of rotatable bonds is 4. The van der Waals surface area contributed by atoms with Crippen LogP contribution in [0.1, 0.15) is 16.6 Å². The maximum absolute atomic E-state index is 12.3. The predicted octanol–water partition coefficient (Wildman–Crippen LogP) is 3.45. The van der Waals surface area contributed by atoms with Crippen LogP contribution in [0.3, 0.4) is 0 Å². The molecule has 1 fully saturated rings. The number of thioether (sulfide) groups is 1. The zero-order chi connectivity index (χ0) is 16.4. The van der Waals surface area contributed by atoms with Crippen molar-refractivity contribution < 1.29 is 4.79 Å². The molecule has 1 aromatic carbocycles. The van der Waals surface area contributed by atoms with Crippen molar-refractivity contribution in [1.82, 2.24) is 14.9 Å². The third kappa shape index (κ3) is 2.99. The van der Waals surface area contributed by atoms with E-state index in [0.717, 1.165) is 28.6 Å². The third-order valence-corrected chi connectivity index (χ3v) is 5.43. The van der Waals surface area contributed by atoms with Gasteiger partial charge in [-0.25, -0.2) is 4.98 Å². The fraction of sp³-hybridized carbons (Fsp3) is 0.211. The normalized spacial score (nSPS) is 17.6. The lowest BCUT2D eigenvalue weighted by Crippen LogP contribution is -2.30. The van der Waals surface area contributed by atoms with Crippen molar-refractivity contribution in [3.63, 3.8) is 0 Å². The summed E-state index contributed by atoms with van der Waals surface area (Å²) < 4.78 is 0. The Balaban J connectivity index is 1.57. The fourth-order valence-corrected chi connectivity index (χ4v) is 4.13. The lowest BCUT2D eigenvalue weighted by atomic mass is 10.2. The molecule has 1 saturated heterocycles. The summed E-state index contributed by atoms with van der Waals surface area (Å²) in [6.45, 7) is 0.691. The Labute approximate surface area is 144 Å². The van der Waals surface area contributed by atoms with E-state index in [0.29, 0.717) is 12.3 Å². The molecule has 5 heteroatoms. The van der Waals surface area contributed by atoms with Gasteiger partial charge in [-0.2, -0.15) is 0 Å². The second-order valence-corrected chi connectivity index (χ2v) is 6.86. The summed E-state index contributed by atoms with van der Waals surface area (Å²) in [5.41, 5.74) is 3.07. The molecule has 1 aliphatic heterocycles. The van der Waals surface area contributed by atoms with Crippen LogP contribution in [0.5, 0.6) is 0 Å². The van der Waals surface area contributed by atoms with Crippen LogP contribution >= 0.6 is 11.8 Å². The van der Waals surface area contributed by atoms with Crippen molar-refractivity contribution in [1.29, 1.82) is 0 Å². The number of pyridine rings is 2. The minimum atomic E-state index is -0.00113. The zero-order valence-corrected chi connectivity index (χ0v) is 13.9. The molecule has 0 spiro atoms. The standard InChI is InChI=1S/C19H17N3OS/c23-18-13-24-19(22(18)11-9-14-4-3-10-20-12-14)17-8-7-15-5-1-2-6-16(15)21-17/h1-8,10,12,19H,9,11,13H2. The van der Waals surface area contributed by atoms with Crippen LogP contribution in [0.15, 0.2) is 60.9 Å². The smallest absolute Gasteiger partial charge is 0.233 e. The lowest BCUT2D eigenvalue weighted by Gasteiger charge is -2.23. The molecule has 0 saturated carbocycles. The van der Waals surface area contributed by atoms with Gasteiger partial charge in [0.2, 0.25) is 5.91 Å². The molecule has 24 heavy (non-hydrogen) atoms. The number of benzene rings is 1. The Hall–Kier alpha value is -2.40. The van der Waals surface area contributed by atoms with E-state index in [9.17, 15) is 4.79 Å². The van der Waals surface area contributed by atoms with Gasteiger partial charge in [-0.1, -0.05) is 30.3 Å². The van der Waals surface area contributed by atoms with Gasteiger partial charge in [0.15, 0.2) is 0 Å². The molecule has 1 atom stereocenters. The van der Waals surface area contributed by atoms with Crippen LogP contribution in [0.25, 0.3) is 10.9 Å². The zero-order valence-electron chi connectivity index (χ0n) is 13.1. The van der Waals surface area contributed by atoms with E-state index in [1.54, 1.807) is 18.0 Å². The number of carbonyl (C=O) groups is 1. The Morgan fingerprint density at radius 2 is 2.04 bits per heavy atom. The monoisotopic (exact) mass is 335 g/mol. The maximum Gasteiger partial charge on any atom is 0.233 e. The molecule has 0 radical (unpaired) electrons. The van der Waals surface area contributed by atoms with E-state index in [2.05, 4.69) is 17.1 Å². The van der Waals surface area contributed by atoms with Gasteiger partial charge in [0.1, 0.15) is 5.37 Å². The van der Waals surface area contributed by atoms with Crippen LogP contribution in [-0.2, 0) is 11.2 Å². The molecular weight excluding hydrogens is 318 g/mol. The highest BCUT2D eigenvalue weighted by Gasteiger charge is 2.33. The number of para-hydroxylation sites is 1. The van der Waals surface area contributed by atoms with Crippen LogP contribution in [0, 0.1) is 0 Å². The molecular formula is C19H17N3OS. The highest BCUT2D eigenvalue weighted by molar-refractivity contribution is 8.00. The van der Waals surface area contributed by atoms with Crippen LogP contribution in [0.4, 0.5) is 0 Å². The van der Waals surface area contributed by atoms with Crippen LogP contribution in [0.2, 0.25) is 0 Å². The molecule has 0 N–H and O–H groups in total. The number of nitrogens with zero attached hydrogens (tertiary/aromatic N) is 3. The summed E-state index contributed by atoms with van der Waals surface area (Å²) in [5, 5.41) is 1.12. The molecule has 0 aliphatic carbocycles. The Bertz CT molecular complexity index is 869. The average molecular weight is 335 g/mol. The SMILES string of the molecule is O=C1CSC(c2ccc3ccccc3n2)N1CCc1cccnc1. The molecule has 3 aromatic rings. The number of amides is 1. The number of hydrogen-bond donors (Lipinski definition) is 0. The van der Waals surface area contributed by atoms with Crippen LogP contribution in [-0.4, -0.2) is 33.1 Å². The number of hydrogen-bond acceptors (Lipinski definition) is 4. The van der Waals surface area contributed by atoms with Gasteiger partial charge in [0, 0.05) is 24.3 Å². The summed E-state index contributed by atoms with van der Waals surface area (Å²) in [6, 6.07) is 16.2. The molecule has 1 unspecified atom stereocenters. The van der Waals surface area contributed by atoms with E-state index in [4.69, 9.17) is 4.98 Å². The van der Waals surface area contributed by atoms with Crippen LogP contribution < -0.4 is 0 Å². The second kappa shape index (κ2) is 6.61. The first-order chi connectivity index (χ1) is 11.8. The van der Waals surface area contributed by atoms with Crippen molar-refractivity contribution in [2.45, 2.75) is 11.8 Å². The summed E-state index contributed by atoms with van der Waals surface area (Å²) >= 11 is 1.65. The van der Waals surface area contributed by atoms with E-state index in [1.165, 1.54) is 0 Å². The fourth-order valence-electron chi connectivity index (χ4n) is 2.96. The van der Waals surface area contributed by atoms with Gasteiger partial charge in [0.05, 0.1) is 17.0 Å². The molecule has 4 nitrogen and oxygen atoms in total. The summed E-state index contributed by atoms with van der Waals surface area (Å²) in [6.07, 6.45) is 4.43. The summed E-state index contributed by atoms with van der Waals surface area (Å²) in [5.74, 6) is 0.704. The average Bonchev–Trinajstić information content (AvgIpc) is 3.01. The third-order valence-electron chi connectivity index (χ3n) is 4.21. The second-order valence-electron chi connectivity index (χ2n) is 5.79. The molecule has 1 aliphatic rings. The first-order valence-electron chi connectivity index (χ1n) is 7.97. The van der Waals surface area contributed by atoms with E-state index < -0.39 is 0 Å². The largest absolute Gasteiger partial charge is 0.324 e. The number of aromatic nitrogens is 2. The van der Waals surface area contributed by atoms with Gasteiger partial charge < -0.3 is 4.90 Å². The molecule has 3 heterocycles. The molecule has 0 bridgehead atoms. The predicted molar refractivity (Wildman–Crippen MR) is 96.6 cm³/mol. The van der Waals surface area contributed by atoms with Gasteiger partial charge in [-0.05, 0) is 30.2 Å². The Morgan fingerprint density at radius 3 is 2.92 bits per heavy atom. The van der Waals surface area contributed by atoms with Gasteiger partial charge >= 0.3 is 0 Å². The van der Waals surface area contributed by atoms with Crippen molar-refractivity contribution in [2.75, 3.05) is 12.3 Å². The first kappa shape index (κ1) is 15.1. The molecule has 2 aromatic heterocycles. The van der Waals surface area contributed by atoms with Crippen molar-refractivity contribution >= 4 is 28.6 Å². The van der Waals surface area contributed by atoms with Crippen molar-refractivity contribution in [3.8, 4) is 0 Å². The lowest BCUT2D eigenvalue weighted by molar-refractivity contribution is -0.128. The van der Waals surface area contributed by atoms with Gasteiger partial charge in [-0.15, -0.1) is 11.8 Å². The molecule has 120 valence electrons. The van der Waals surface area contributed by atoms with Crippen molar-refractivity contribution in [2.24, 2.45) is 0 Å². The first-order valence-corrected chi connectivity index (χ1v) is 9.02. The minimum absolute atomic E-state index is 0.00113. The summed E-state index contributed by atoms with van der Waals surface area (Å²) in [4.78, 5) is 23.2. The number of carbonyl (C=O) groups excluding carboxylic acids is 1. The number of fused-ring (bicyclic) bond motifs is 1. The highest BCUT2D eigenvalue weighted by atomic mass is 32.2. The summed E-state index contributed by atoms with van der Waals surface area (Å²) in [7, 11) is 0. The van der Waals surface area contributed by atoms with E-state index >= 15 is 0 Å². The minimum Gasteiger partial charge on any atom is -0.324 e. The molecule has 4 rings (SSSR count). The maximum atomic E-state index is 12.3. The Morgan fingerprint density at radius 1 is 1.12 bits per heavy atom. The van der Waals surface area contributed by atoms with E-state index in [1.807, 2.05) is 47.5 Å². The van der Waals surface area contributed by atoms with Gasteiger partial charge in [0.25, 0.3) is 0 Å². The topological polar surface area (TPSA) is 46.1 Å². The quantitative estimate of drug-likeness (QED) is 0.733. The Kier molecular flexibility index (Phi) is 4.17. The van der Waals surface area contributed by atoms with Crippen molar-refractivity contribution in [3.05, 3.63) is 72.2 Å². The van der Waals surface area contributed by atoms with E-state index in [-0.39, 0.29) is 11.3 Å². The van der Waals surface area contributed by atoms with Gasteiger partial charge in [-0.3, -0.25) is 9.78 Å². The highest BCUT2D eigenvalue weighted by Crippen LogP contribution is 2.38.